The number of hydrogen-bond acceptors (Lipinski definition) is 4. The standard InChI is InChI=1S/C13H18N2O2/c1-17-12-4-2-3-11(9-12)13(16)10-15-7-5-14-6-8-15/h2-4,9,14H,5-8,10H2,1H3. The van der Waals surface area contributed by atoms with Crippen LogP contribution in [0.15, 0.2) is 24.3 Å². The summed E-state index contributed by atoms with van der Waals surface area (Å²) in [6.07, 6.45) is 0. The zero-order valence-electron chi connectivity index (χ0n) is 10.1. The lowest BCUT2D eigenvalue weighted by molar-refractivity contribution is 0.0921. The van der Waals surface area contributed by atoms with E-state index in [1.165, 1.54) is 0 Å². The first kappa shape index (κ1) is 12.1. The lowest BCUT2D eigenvalue weighted by Gasteiger charge is -2.26. The van der Waals surface area contributed by atoms with Gasteiger partial charge in [0.1, 0.15) is 5.75 Å². The zero-order valence-corrected chi connectivity index (χ0v) is 10.1. The minimum atomic E-state index is 0.158. The topological polar surface area (TPSA) is 41.6 Å². The average molecular weight is 234 g/mol. The molecule has 4 nitrogen and oxygen atoms in total. The number of carbonyl (C=O) groups is 1. The molecule has 0 aliphatic carbocycles. The number of carbonyl (C=O) groups excluding carboxylic acids is 1. The van der Waals surface area contributed by atoms with Crippen molar-refractivity contribution in [1.29, 1.82) is 0 Å². The lowest BCUT2D eigenvalue weighted by atomic mass is 10.1. The van der Waals surface area contributed by atoms with Crippen molar-refractivity contribution in [2.24, 2.45) is 0 Å². The predicted molar refractivity (Wildman–Crippen MR) is 66.6 cm³/mol. The van der Waals surface area contributed by atoms with Gasteiger partial charge in [-0.3, -0.25) is 9.69 Å². The van der Waals surface area contributed by atoms with Crippen LogP contribution in [0.4, 0.5) is 0 Å². The van der Waals surface area contributed by atoms with Crippen molar-refractivity contribution in [3.8, 4) is 5.75 Å². The quantitative estimate of drug-likeness (QED) is 0.782. The molecule has 17 heavy (non-hydrogen) atoms. The molecule has 1 saturated heterocycles. The van der Waals surface area contributed by atoms with Crippen LogP contribution < -0.4 is 10.1 Å². The summed E-state index contributed by atoms with van der Waals surface area (Å²) in [6.45, 7) is 4.30. The highest BCUT2D eigenvalue weighted by Gasteiger charge is 2.14. The van der Waals surface area contributed by atoms with Gasteiger partial charge in [0.2, 0.25) is 0 Å². The highest BCUT2D eigenvalue weighted by Crippen LogP contribution is 2.13. The molecular formula is C13H18N2O2. The van der Waals surface area contributed by atoms with E-state index in [-0.39, 0.29) is 5.78 Å². The largest absolute Gasteiger partial charge is 0.497 e. The van der Waals surface area contributed by atoms with E-state index in [2.05, 4.69) is 10.2 Å². The van der Waals surface area contributed by atoms with Crippen LogP contribution in [0.5, 0.6) is 5.75 Å². The maximum absolute atomic E-state index is 12.1. The normalized spacial score (nSPS) is 16.8. The maximum Gasteiger partial charge on any atom is 0.176 e. The van der Waals surface area contributed by atoms with Gasteiger partial charge in [-0.05, 0) is 12.1 Å². The molecule has 0 saturated carbocycles. The van der Waals surface area contributed by atoms with E-state index in [0.717, 1.165) is 37.5 Å². The van der Waals surface area contributed by atoms with Gasteiger partial charge in [-0.25, -0.2) is 0 Å². The molecule has 1 N–H and O–H groups in total. The smallest absolute Gasteiger partial charge is 0.176 e. The minimum absolute atomic E-state index is 0.158. The number of ketones is 1. The third kappa shape index (κ3) is 3.28. The molecule has 1 aliphatic rings. The van der Waals surface area contributed by atoms with Gasteiger partial charge >= 0.3 is 0 Å². The molecular weight excluding hydrogens is 216 g/mol. The molecule has 0 unspecified atom stereocenters. The predicted octanol–water partition coefficient (Wildman–Crippen LogP) is 0.783. The number of ether oxygens (including phenoxy) is 1. The van der Waals surface area contributed by atoms with Gasteiger partial charge in [0, 0.05) is 31.7 Å². The fourth-order valence-corrected chi connectivity index (χ4v) is 1.96. The lowest BCUT2D eigenvalue weighted by Crippen LogP contribution is -2.45. The summed E-state index contributed by atoms with van der Waals surface area (Å²) in [6, 6.07) is 7.34. The summed E-state index contributed by atoms with van der Waals surface area (Å²) < 4.78 is 5.12. The molecule has 1 fully saturated rings. The van der Waals surface area contributed by atoms with Crippen molar-refractivity contribution in [2.45, 2.75) is 0 Å². The Kier molecular flexibility index (Phi) is 4.12. The number of methoxy groups -OCH3 is 1. The first-order valence-corrected chi connectivity index (χ1v) is 5.90. The second kappa shape index (κ2) is 5.80. The van der Waals surface area contributed by atoms with E-state index in [0.29, 0.717) is 6.54 Å². The van der Waals surface area contributed by atoms with Gasteiger partial charge in [-0.15, -0.1) is 0 Å². The van der Waals surface area contributed by atoms with Crippen LogP contribution >= 0.6 is 0 Å². The Morgan fingerprint density at radius 3 is 2.88 bits per heavy atom. The van der Waals surface area contributed by atoms with Gasteiger partial charge in [0.25, 0.3) is 0 Å². The molecule has 0 radical (unpaired) electrons. The van der Waals surface area contributed by atoms with Crippen LogP contribution in [-0.4, -0.2) is 50.5 Å². The van der Waals surface area contributed by atoms with Crippen LogP contribution in [0.1, 0.15) is 10.4 Å². The summed E-state index contributed by atoms with van der Waals surface area (Å²) in [5, 5.41) is 3.27. The minimum Gasteiger partial charge on any atom is -0.497 e. The number of hydrogen-bond donors (Lipinski definition) is 1. The van der Waals surface area contributed by atoms with Crippen molar-refractivity contribution in [2.75, 3.05) is 39.8 Å². The zero-order chi connectivity index (χ0) is 12.1. The van der Waals surface area contributed by atoms with Crippen LogP contribution in [0.25, 0.3) is 0 Å². The summed E-state index contributed by atoms with van der Waals surface area (Å²) in [5.41, 5.74) is 0.725. The van der Waals surface area contributed by atoms with Gasteiger partial charge < -0.3 is 10.1 Å². The molecule has 1 heterocycles. The SMILES string of the molecule is COc1cccc(C(=O)CN2CCNCC2)c1. The van der Waals surface area contributed by atoms with Gasteiger partial charge in [-0.1, -0.05) is 12.1 Å². The number of Topliss-reactive ketones (excluding diaryl/α,β-unsaturated/α-hetero) is 1. The number of nitrogens with one attached hydrogen (secondary N) is 1. The highest BCUT2D eigenvalue weighted by molar-refractivity contribution is 5.97. The number of rotatable bonds is 4. The third-order valence-corrected chi connectivity index (χ3v) is 2.97. The van der Waals surface area contributed by atoms with Crippen LogP contribution in [0, 0.1) is 0 Å². The van der Waals surface area contributed by atoms with E-state index in [1.807, 2.05) is 18.2 Å². The highest BCUT2D eigenvalue weighted by atomic mass is 16.5. The van der Waals surface area contributed by atoms with Crippen LogP contribution in [-0.2, 0) is 0 Å². The Labute approximate surface area is 102 Å². The second-order valence-corrected chi connectivity index (χ2v) is 4.18. The summed E-state index contributed by atoms with van der Waals surface area (Å²) in [7, 11) is 1.61. The van der Waals surface area contributed by atoms with E-state index < -0.39 is 0 Å². The summed E-state index contributed by atoms with van der Waals surface area (Å²) >= 11 is 0. The van der Waals surface area contributed by atoms with Gasteiger partial charge in [0.05, 0.1) is 13.7 Å². The number of piperazine rings is 1. The molecule has 0 bridgehead atoms. The van der Waals surface area contributed by atoms with E-state index >= 15 is 0 Å². The molecule has 0 aromatic heterocycles. The Morgan fingerprint density at radius 1 is 1.41 bits per heavy atom. The molecule has 1 aromatic rings. The Balaban J connectivity index is 1.98. The van der Waals surface area contributed by atoms with Crippen molar-refractivity contribution in [3.63, 3.8) is 0 Å². The van der Waals surface area contributed by atoms with Crippen LogP contribution in [0.3, 0.4) is 0 Å². The molecule has 1 aromatic carbocycles. The fourth-order valence-electron chi connectivity index (χ4n) is 1.96. The van der Waals surface area contributed by atoms with E-state index in [4.69, 9.17) is 4.74 Å². The van der Waals surface area contributed by atoms with Gasteiger partial charge in [-0.2, -0.15) is 0 Å². The number of nitrogens with zero attached hydrogens (tertiary/aromatic N) is 1. The molecule has 0 atom stereocenters. The summed E-state index contributed by atoms with van der Waals surface area (Å²) in [4.78, 5) is 14.2. The molecule has 2 rings (SSSR count). The fraction of sp³-hybridized carbons (Fsp3) is 0.462. The Morgan fingerprint density at radius 2 is 2.18 bits per heavy atom. The van der Waals surface area contributed by atoms with Crippen LogP contribution in [0.2, 0.25) is 0 Å². The van der Waals surface area contributed by atoms with Crippen molar-refractivity contribution < 1.29 is 9.53 Å². The molecule has 0 amide bonds. The third-order valence-electron chi connectivity index (χ3n) is 2.97. The van der Waals surface area contributed by atoms with Crippen molar-refractivity contribution >= 4 is 5.78 Å². The summed E-state index contributed by atoms with van der Waals surface area (Å²) in [5.74, 6) is 0.891. The van der Waals surface area contributed by atoms with Crippen molar-refractivity contribution in [1.82, 2.24) is 10.2 Å². The molecule has 4 heteroatoms. The molecule has 0 spiro atoms. The Hall–Kier alpha value is -1.39. The Bertz CT molecular complexity index is 387. The van der Waals surface area contributed by atoms with E-state index in [1.54, 1.807) is 13.2 Å². The average Bonchev–Trinajstić information content (AvgIpc) is 2.40. The monoisotopic (exact) mass is 234 g/mol. The maximum atomic E-state index is 12.1. The van der Waals surface area contributed by atoms with Crippen molar-refractivity contribution in [3.05, 3.63) is 29.8 Å². The first-order chi connectivity index (χ1) is 8.29. The molecule has 92 valence electrons. The first-order valence-electron chi connectivity index (χ1n) is 5.90. The van der Waals surface area contributed by atoms with Gasteiger partial charge in [0.15, 0.2) is 5.78 Å². The van der Waals surface area contributed by atoms with E-state index in [9.17, 15) is 4.79 Å². The second-order valence-electron chi connectivity index (χ2n) is 4.18. The number of benzene rings is 1. The molecule has 1 aliphatic heterocycles.